The van der Waals surface area contributed by atoms with Crippen LogP contribution in [-0.2, 0) is 4.79 Å². The highest BCUT2D eigenvalue weighted by molar-refractivity contribution is 6.65. The van der Waals surface area contributed by atoms with Crippen LogP contribution in [0.4, 0.5) is 0 Å². The first-order valence-corrected chi connectivity index (χ1v) is 9.73. The molecule has 3 heteroatoms. The highest BCUT2D eigenvalue weighted by Crippen LogP contribution is 2.41. The highest BCUT2D eigenvalue weighted by atomic mass is 28.3. The number of hydrogen-bond donors (Lipinski definition) is 1. The van der Waals surface area contributed by atoms with E-state index < -0.39 is 8.80 Å². The molecule has 0 aliphatic heterocycles. The van der Waals surface area contributed by atoms with Gasteiger partial charge in [-0.05, 0) is 38.8 Å². The third-order valence-electron chi connectivity index (χ3n) is 4.29. The molecule has 0 saturated carbocycles. The number of carbonyl (C=O) groups excluding carboxylic acids is 1. The van der Waals surface area contributed by atoms with Crippen LogP contribution in [-0.4, -0.2) is 20.2 Å². The summed E-state index contributed by atoms with van der Waals surface area (Å²) in [4.78, 5) is 12.1. The molecule has 0 heterocycles. The fourth-order valence-corrected chi connectivity index (χ4v) is 5.52. The minimum atomic E-state index is -0.950. The summed E-state index contributed by atoms with van der Waals surface area (Å²) in [5.41, 5.74) is 3.83. The van der Waals surface area contributed by atoms with Gasteiger partial charge in [0, 0.05) is 5.92 Å². The standard InChI is InChI=1S/C15H27NOSi/c1-9(2)14(17)16-15(6)12(5)10(3)11(4)13(15)18(7)8/h9,18H,1-8H3,(H,16,17). The highest BCUT2D eigenvalue weighted by Gasteiger charge is 2.41. The van der Waals surface area contributed by atoms with Gasteiger partial charge in [0.1, 0.15) is 0 Å². The smallest absolute Gasteiger partial charge is 0.223 e. The molecule has 0 saturated heterocycles. The topological polar surface area (TPSA) is 29.1 Å². The Balaban J connectivity index is 3.23. The molecule has 0 aromatic rings. The second-order valence-electron chi connectivity index (χ2n) is 6.21. The third-order valence-corrected chi connectivity index (χ3v) is 6.46. The molecule has 0 radical (unpaired) electrons. The van der Waals surface area contributed by atoms with Crippen LogP contribution in [0.3, 0.4) is 0 Å². The minimum Gasteiger partial charge on any atom is -0.344 e. The van der Waals surface area contributed by atoms with Crippen LogP contribution in [0.25, 0.3) is 0 Å². The molecule has 1 unspecified atom stereocenters. The molecule has 0 bridgehead atoms. The van der Waals surface area contributed by atoms with Gasteiger partial charge in [0.05, 0.1) is 14.3 Å². The zero-order valence-electron chi connectivity index (χ0n) is 13.1. The largest absolute Gasteiger partial charge is 0.344 e. The number of hydrogen-bond acceptors (Lipinski definition) is 1. The molecule has 1 amide bonds. The number of carbonyl (C=O) groups is 1. The summed E-state index contributed by atoms with van der Waals surface area (Å²) in [5.74, 6) is 0.178. The van der Waals surface area contributed by atoms with Gasteiger partial charge in [0.2, 0.25) is 5.91 Å². The molecule has 1 N–H and O–H groups in total. The van der Waals surface area contributed by atoms with Gasteiger partial charge in [-0.25, -0.2) is 0 Å². The van der Waals surface area contributed by atoms with Crippen LogP contribution in [0.5, 0.6) is 0 Å². The van der Waals surface area contributed by atoms with E-state index in [0.29, 0.717) is 0 Å². The molecular weight excluding hydrogens is 238 g/mol. The van der Waals surface area contributed by atoms with Gasteiger partial charge in [0.25, 0.3) is 0 Å². The summed E-state index contributed by atoms with van der Waals surface area (Å²) in [7, 11) is -0.950. The molecule has 102 valence electrons. The lowest BCUT2D eigenvalue weighted by atomic mass is 9.94. The molecular formula is C15H27NOSi. The zero-order chi connectivity index (χ0) is 14.2. The van der Waals surface area contributed by atoms with Gasteiger partial charge in [-0.2, -0.15) is 0 Å². The van der Waals surface area contributed by atoms with E-state index in [9.17, 15) is 4.79 Å². The predicted molar refractivity (Wildman–Crippen MR) is 81.3 cm³/mol. The second kappa shape index (κ2) is 5.04. The average molecular weight is 265 g/mol. The summed E-state index contributed by atoms with van der Waals surface area (Å²) in [6.07, 6.45) is 0. The maximum Gasteiger partial charge on any atom is 0.223 e. The molecule has 1 aliphatic carbocycles. The molecule has 0 fully saturated rings. The van der Waals surface area contributed by atoms with Crippen molar-refractivity contribution in [3.8, 4) is 0 Å². The van der Waals surface area contributed by atoms with E-state index in [1.165, 1.54) is 21.9 Å². The summed E-state index contributed by atoms with van der Waals surface area (Å²) in [5, 5.41) is 4.77. The first-order chi connectivity index (χ1) is 8.12. The Hall–Kier alpha value is -0.833. The first-order valence-electron chi connectivity index (χ1n) is 6.84. The SMILES string of the molecule is CC1=C(C)C(C)(NC(=O)C(C)C)C([SiH](C)C)=C1C. The number of amides is 1. The quantitative estimate of drug-likeness (QED) is 0.780. The predicted octanol–water partition coefficient (Wildman–Crippen LogP) is 3.21. The first kappa shape index (κ1) is 15.2. The van der Waals surface area contributed by atoms with E-state index in [0.717, 1.165) is 0 Å². The normalized spacial score (nSPS) is 24.6. The Morgan fingerprint density at radius 3 is 2.06 bits per heavy atom. The van der Waals surface area contributed by atoms with Crippen molar-refractivity contribution in [2.75, 3.05) is 0 Å². The summed E-state index contributed by atoms with van der Waals surface area (Å²) in [6.45, 7) is 17.3. The molecule has 0 aromatic carbocycles. The van der Waals surface area contributed by atoms with Crippen molar-refractivity contribution >= 4 is 14.7 Å². The van der Waals surface area contributed by atoms with Crippen molar-refractivity contribution in [1.29, 1.82) is 0 Å². The van der Waals surface area contributed by atoms with Crippen LogP contribution >= 0.6 is 0 Å². The lowest BCUT2D eigenvalue weighted by Gasteiger charge is -2.34. The third kappa shape index (κ3) is 2.33. The van der Waals surface area contributed by atoms with Crippen molar-refractivity contribution in [1.82, 2.24) is 5.32 Å². The van der Waals surface area contributed by atoms with Crippen LogP contribution < -0.4 is 5.32 Å². The molecule has 1 atom stereocenters. The van der Waals surface area contributed by atoms with Gasteiger partial charge in [-0.15, -0.1) is 0 Å². The van der Waals surface area contributed by atoms with Gasteiger partial charge >= 0.3 is 0 Å². The number of allylic oxidation sites excluding steroid dienone is 2. The van der Waals surface area contributed by atoms with Crippen LogP contribution in [0.15, 0.2) is 21.9 Å². The second-order valence-corrected chi connectivity index (χ2v) is 9.10. The fraction of sp³-hybridized carbons (Fsp3) is 0.667. The van der Waals surface area contributed by atoms with Crippen LogP contribution in [0.1, 0.15) is 41.5 Å². The molecule has 0 aromatic heterocycles. The van der Waals surface area contributed by atoms with E-state index in [1.807, 2.05) is 13.8 Å². The van der Waals surface area contributed by atoms with Gasteiger partial charge < -0.3 is 5.32 Å². The van der Waals surface area contributed by atoms with Crippen LogP contribution in [0, 0.1) is 5.92 Å². The zero-order valence-corrected chi connectivity index (χ0v) is 14.2. The van der Waals surface area contributed by atoms with Crippen molar-refractivity contribution in [2.24, 2.45) is 5.92 Å². The summed E-state index contributed by atoms with van der Waals surface area (Å²) < 4.78 is 0. The molecule has 2 nitrogen and oxygen atoms in total. The van der Waals surface area contributed by atoms with Crippen molar-refractivity contribution < 1.29 is 4.79 Å². The monoisotopic (exact) mass is 265 g/mol. The molecule has 1 aliphatic rings. The van der Waals surface area contributed by atoms with Crippen LogP contribution in [0.2, 0.25) is 13.1 Å². The number of rotatable bonds is 3. The minimum absolute atomic E-state index is 0.0333. The summed E-state index contributed by atoms with van der Waals surface area (Å²) in [6, 6.07) is 0. The molecule has 1 rings (SSSR count). The van der Waals surface area contributed by atoms with Crippen molar-refractivity contribution in [3.63, 3.8) is 0 Å². The Labute approximate surface area is 113 Å². The van der Waals surface area contributed by atoms with Gasteiger partial charge in [-0.1, -0.05) is 37.7 Å². The van der Waals surface area contributed by atoms with E-state index in [4.69, 9.17) is 0 Å². The van der Waals surface area contributed by atoms with E-state index in [1.54, 1.807) is 0 Å². The number of nitrogens with one attached hydrogen (secondary N) is 1. The van der Waals surface area contributed by atoms with E-state index >= 15 is 0 Å². The average Bonchev–Trinajstić information content (AvgIpc) is 2.40. The Bertz CT molecular complexity index is 432. The Morgan fingerprint density at radius 1 is 1.17 bits per heavy atom. The van der Waals surface area contributed by atoms with E-state index in [-0.39, 0.29) is 17.4 Å². The fourth-order valence-electron chi connectivity index (χ4n) is 3.00. The van der Waals surface area contributed by atoms with Gasteiger partial charge in [-0.3, -0.25) is 4.79 Å². The molecule has 18 heavy (non-hydrogen) atoms. The Morgan fingerprint density at radius 2 is 1.67 bits per heavy atom. The Kier molecular flexibility index (Phi) is 4.26. The molecule has 0 spiro atoms. The van der Waals surface area contributed by atoms with Crippen molar-refractivity contribution in [3.05, 3.63) is 21.9 Å². The van der Waals surface area contributed by atoms with Gasteiger partial charge in [0.15, 0.2) is 0 Å². The van der Waals surface area contributed by atoms with E-state index in [2.05, 4.69) is 46.1 Å². The maximum atomic E-state index is 12.1. The maximum absolute atomic E-state index is 12.1. The lowest BCUT2D eigenvalue weighted by Crippen LogP contribution is -2.51. The lowest BCUT2D eigenvalue weighted by molar-refractivity contribution is -0.125. The van der Waals surface area contributed by atoms with Crippen molar-refractivity contribution in [2.45, 2.75) is 60.2 Å². The summed E-state index contributed by atoms with van der Waals surface area (Å²) >= 11 is 0.